The predicted molar refractivity (Wildman–Crippen MR) is 112 cm³/mol. The number of amides is 2. The van der Waals surface area contributed by atoms with Gasteiger partial charge in [0, 0.05) is 17.7 Å². The Hall–Kier alpha value is -2.25. The van der Waals surface area contributed by atoms with Crippen LogP contribution in [0.15, 0.2) is 12.2 Å². The first-order chi connectivity index (χ1) is 13.5. The number of ether oxygens (including phenoxy) is 3. The van der Waals surface area contributed by atoms with Crippen molar-refractivity contribution >= 4 is 18.2 Å². The Morgan fingerprint density at radius 2 is 1.48 bits per heavy atom. The van der Waals surface area contributed by atoms with Gasteiger partial charge in [-0.2, -0.15) is 0 Å². The van der Waals surface area contributed by atoms with Crippen LogP contribution in [0.25, 0.3) is 0 Å². The minimum atomic E-state index is -0.608. The monoisotopic (exact) mass is 414 g/mol. The summed E-state index contributed by atoms with van der Waals surface area (Å²) in [4.78, 5) is 35.0. The molecule has 0 bridgehead atoms. The van der Waals surface area contributed by atoms with Gasteiger partial charge in [-0.3, -0.25) is 0 Å². The normalized spacial score (nSPS) is 13.0. The number of esters is 1. The quantitative estimate of drug-likeness (QED) is 0.205. The van der Waals surface area contributed by atoms with Crippen LogP contribution in [0.2, 0.25) is 0 Å². The Labute approximate surface area is 174 Å². The molecule has 0 heterocycles. The molecule has 1 atom stereocenters. The van der Waals surface area contributed by atoms with Crippen LogP contribution in [-0.4, -0.2) is 50.1 Å². The number of unbranched alkanes of at least 4 members (excludes halogenated alkanes) is 1. The third-order valence-corrected chi connectivity index (χ3v) is 5.13. The predicted octanol–water partition coefficient (Wildman–Crippen LogP) is 3.94. The fourth-order valence-corrected chi connectivity index (χ4v) is 2.83. The third kappa shape index (κ3) is 10.2. The summed E-state index contributed by atoms with van der Waals surface area (Å²) >= 11 is 0. The van der Waals surface area contributed by atoms with Crippen molar-refractivity contribution in [2.75, 3.05) is 26.4 Å². The van der Waals surface area contributed by atoms with Gasteiger partial charge >= 0.3 is 18.2 Å². The van der Waals surface area contributed by atoms with Crippen LogP contribution in [-0.2, 0) is 19.0 Å². The van der Waals surface area contributed by atoms with Crippen LogP contribution in [0.3, 0.4) is 0 Å². The molecule has 0 aliphatic rings. The van der Waals surface area contributed by atoms with E-state index < -0.39 is 23.7 Å². The molecule has 0 rings (SSSR count). The van der Waals surface area contributed by atoms with Gasteiger partial charge in [-0.1, -0.05) is 19.9 Å². The van der Waals surface area contributed by atoms with Gasteiger partial charge in [0.05, 0.1) is 19.8 Å². The van der Waals surface area contributed by atoms with E-state index in [1.54, 1.807) is 20.8 Å². The van der Waals surface area contributed by atoms with Crippen molar-refractivity contribution in [2.45, 2.75) is 72.8 Å². The average molecular weight is 415 g/mol. The number of carbonyl (C=O) groups is 3. The molecule has 0 aromatic carbocycles. The van der Waals surface area contributed by atoms with Gasteiger partial charge in [0.25, 0.3) is 0 Å². The van der Waals surface area contributed by atoms with Gasteiger partial charge in [-0.05, 0) is 59.3 Å². The molecule has 0 spiro atoms. The average Bonchev–Trinajstić information content (AvgIpc) is 2.61. The summed E-state index contributed by atoms with van der Waals surface area (Å²) in [7, 11) is 0. The molecule has 0 aromatic heterocycles. The van der Waals surface area contributed by atoms with E-state index in [0.717, 1.165) is 19.3 Å². The number of nitrogens with one attached hydrogen (secondary N) is 2. The summed E-state index contributed by atoms with van der Waals surface area (Å²) in [6.45, 7) is 15.9. The van der Waals surface area contributed by atoms with Gasteiger partial charge < -0.3 is 24.8 Å². The summed E-state index contributed by atoms with van der Waals surface area (Å²) in [5, 5.41) is 5.62. The molecule has 8 nitrogen and oxygen atoms in total. The van der Waals surface area contributed by atoms with E-state index in [1.807, 2.05) is 20.8 Å². The van der Waals surface area contributed by atoms with Gasteiger partial charge in [0.15, 0.2) is 0 Å². The highest BCUT2D eigenvalue weighted by Crippen LogP contribution is 2.39. The molecule has 1 unspecified atom stereocenters. The van der Waals surface area contributed by atoms with Crippen LogP contribution in [0.5, 0.6) is 0 Å². The van der Waals surface area contributed by atoms with Crippen molar-refractivity contribution in [1.29, 1.82) is 0 Å². The second-order valence-electron chi connectivity index (χ2n) is 7.80. The minimum Gasteiger partial charge on any atom is -0.462 e. The molecular weight excluding hydrogens is 376 g/mol. The van der Waals surface area contributed by atoms with Crippen molar-refractivity contribution in [1.82, 2.24) is 10.6 Å². The number of carbonyl (C=O) groups excluding carboxylic acids is 3. The summed E-state index contributed by atoms with van der Waals surface area (Å²) in [5.41, 5.74) is -0.636. The zero-order valence-corrected chi connectivity index (χ0v) is 18.8. The second-order valence-corrected chi connectivity index (χ2v) is 7.80. The van der Waals surface area contributed by atoms with Gasteiger partial charge in [-0.25, -0.2) is 14.4 Å². The van der Waals surface area contributed by atoms with Crippen molar-refractivity contribution in [3.8, 4) is 0 Å². The molecule has 0 saturated heterocycles. The molecule has 2 N–H and O–H groups in total. The number of hydrogen-bond donors (Lipinski definition) is 2. The molecule has 0 aliphatic carbocycles. The van der Waals surface area contributed by atoms with Crippen LogP contribution in [0.4, 0.5) is 9.59 Å². The topological polar surface area (TPSA) is 103 Å². The molecule has 0 aromatic rings. The van der Waals surface area contributed by atoms with Crippen LogP contribution in [0.1, 0.15) is 67.2 Å². The summed E-state index contributed by atoms with van der Waals surface area (Å²) in [5.74, 6) is -0.429. The standard InChI is InChI=1S/C21H38N2O6/c1-8-27-18(25)22-14-11-10-12-21(7,13-15-29-17(24)16(3)4)20(5,6)23-19(26)28-9-2/h3,8-15H2,1-2,4-7H3,(H,22,25)(H,23,26). The Kier molecular flexibility index (Phi) is 12.0. The number of rotatable bonds is 13. The first-order valence-electron chi connectivity index (χ1n) is 10.2. The summed E-state index contributed by atoms with van der Waals surface area (Å²) < 4.78 is 15.1. The fraction of sp³-hybridized carbons (Fsp3) is 0.762. The lowest BCUT2D eigenvalue weighted by molar-refractivity contribution is -0.140. The lowest BCUT2D eigenvalue weighted by Crippen LogP contribution is -2.55. The summed E-state index contributed by atoms with van der Waals surface area (Å²) in [6, 6.07) is 0. The van der Waals surface area contributed by atoms with E-state index in [2.05, 4.69) is 17.2 Å². The molecule has 0 fully saturated rings. The molecule has 2 amide bonds. The molecular formula is C21H38N2O6. The van der Waals surface area contributed by atoms with Crippen molar-refractivity contribution in [3.63, 3.8) is 0 Å². The number of hydrogen-bond acceptors (Lipinski definition) is 6. The van der Waals surface area contributed by atoms with E-state index in [1.165, 1.54) is 0 Å². The first-order valence-corrected chi connectivity index (χ1v) is 10.2. The van der Waals surface area contributed by atoms with E-state index in [9.17, 15) is 14.4 Å². The van der Waals surface area contributed by atoms with Crippen molar-refractivity contribution < 1.29 is 28.6 Å². The van der Waals surface area contributed by atoms with E-state index >= 15 is 0 Å². The Balaban J connectivity index is 4.93. The van der Waals surface area contributed by atoms with Crippen molar-refractivity contribution in [2.24, 2.45) is 5.41 Å². The summed E-state index contributed by atoms with van der Waals surface area (Å²) in [6.07, 6.45) is 1.97. The van der Waals surface area contributed by atoms with Crippen LogP contribution >= 0.6 is 0 Å². The van der Waals surface area contributed by atoms with Crippen LogP contribution < -0.4 is 10.6 Å². The highest BCUT2D eigenvalue weighted by atomic mass is 16.6. The highest BCUT2D eigenvalue weighted by Gasteiger charge is 2.42. The largest absolute Gasteiger partial charge is 0.462 e. The van der Waals surface area contributed by atoms with E-state index in [4.69, 9.17) is 14.2 Å². The molecule has 168 valence electrons. The third-order valence-electron chi connectivity index (χ3n) is 5.13. The zero-order valence-electron chi connectivity index (χ0n) is 18.8. The first kappa shape index (κ1) is 26.8. The smallest absolute Gasteiger partial charge is 0.407 e. The second kappa shape index (κ2) is 13.1. The lowest BCUT2D eigenvalue weighted by Gasteiger charge is -2.45. The van der Waals surface area contributed by atoms with Crippen LogP contribution in [0, 0.1) is 5.41 Å². The Morgan fingerprint density at radius 3 is 2.03 bits per heavy atom. The molecule has 8 heteroatoms. The number of alkyl carbamates (subject to hydrolysis) is 2. The molecule has 0 saturated carbocycles. The van der Waals surface area contributed by atoms with Crippen molar-refractivity contribution in [3.05, 3.63) is 12.2 Å². The lowest BCUT2D eigenvalue weighted by atomic mass is 9.67. The maximum atomic E-state index is 12.0. The Bertz CT molecular complexity index is 561. The van der Waals surface area contributed by atoms with E-state index in [0.29, 0.717) is 25.1 Å². The molecule has 0 aliphatic heterocycles. The van der Waals surface area contributed by atoms with E-state index in [-0.39, 0.29) is 18.6 Å². The maximum absolute atomic E-state index is 12.0. The zero-order chi connectivity index (χ0) is 22.5. The minimum absolute atomic E-state index is 0.219. The van der Waals surface area contributed by atoms with Gasteiger partial charge in [0.2, 0.25) is 0 Å². The van der Waals surface area contributed by atoms with Gasteiger partial charge in [0.1, 0.15) is 0 Å². The Morgan fingerprint density at radius 1 is 0.897 bits per heavy atom. The molecule has 29 heavy (non-hydrogen) atoms. The van der Waals surface area contributed by atoms with Gasteiger partial charge in [-0.15, -0.1) is 0 Å². The maximum Gasteiger partial charge on any atom is 0.407 e. The fourth-order valence-electron chi connectivity index (χ4n) is 2.83. The SMILES string of the molecule is C=C(C)C(=O)OCCC(C)(CCCCNC(=O)OCC)C(C)(C)NC(=O)OCC. The highest BCUT2D eigenvalue weighted by molar-refractivity contribution is 5.86. The molecule has 0 radical (unpaired) electrons.